The second-order valence-corrected chi connectivity index (χ2v) is 11.9. The van der Waals surface area contributed by atoms with Crippen LogP contribution in [0.15, 0.2) is 140 Å². The lowest BCUT2D eigenvalue weighted by atomic mass is 9.84. The first kappa shape index (κ1) is 25.8. The second-order valence-electron chi connectivity index (χ2n) is 11.9. The van der Waals surface area contributed by atoms with Crippen LogP contribution < -0.4 is 4.74 Å². The standard InChI is InChI=1S/C41H29N3O/c1-2-10-26(11-3-1)28-20-21-30-25-31(23-22-29(30)24-28)39-42-40(33-16-8-13-27-12-4-5-14-32(27)33)44-41(43-39)35-17-9-19-37-38(35)34-15-6-7-18-36(34)45-37/h1-7,9-12,14-25,37-38H,8,13H2. The second kappa shape index (κ2) is 10.5. The summed E-state index contributed by atoms with van der Waals surface area (Å²) in [6.45, 7) is 0. The van der Waals surface area contributed by atoms with Crippen molar-refractivity contribution in [2.75, 3.05) is 0 Å². The SMILES string of the molecule is C1=CC2Oc3ccccc3C2C(c2nc(C3=CCCc4ccccc43)nc(-c3ccc4cc(-c5ccccc5)ccc4c3)n2)=C1. The van der Waals surface area contributed by atoms with E-state index >= 15 is 0 Å². The van der Waals surface area contributed by atoms with Gasteiger partial charge in [0, 0.05) is 22.3 Å². The van der Waals surface area contributed by atoms with E-state index in [1.165, 1.54) is 33.2 Å². The zero-order valence-electron chi connectivity index (χ0n) is 24.6. The van der Waals surface area contributed by atoms with Crippen molar-refractivity contribution in [2.45, 2.75) is 24.9 Å². The Kier molecular flexibility index (Phi) is 6.05. The number of allylic oxidation sites excluding steroid dienone is 3. The van der Waals surface area contributed by atoms with Crippen LogP contribution in [0.2, 0.25) is 0 Å². The fourth-order valence-corrected chi connectivity index (χ4v) is 6.96. The van der Waals surface area contributed by atoms with Crippen molar-refractivity contribution in [2.24, 2.45) is 0 Å². The van der Waals surface area contributed by atoms with Crippen LogP contribution in [-0.4, -0.2) is 21.1 Å². The van der Waals surface area contributed by atoms with Crippen LogP contribution in [0, 0.1) is 0 Å². The molecule has 5 aromatic carbocycles. The smallest absolute Gasteiger partial charge is 0.164 e. The third-order valence-corrected chi connectivity index (χ3v) is 9.17. The molecule has 2 atom stereocenters. The topological polar surface area (TPSA) is 47.9 Å². The summed E-state index contributed by atoms with van der Waals surface area (Å²) in [6.07, 6.45) is 10.5. The Bertz CT molecular complexity index is 2210. The molecule has 4 heteroatoms. The first-order chi connectivity index (χ1) is 22.3. The molecule has 6 aromatic rings. The number of benzene rings is 5. The highest BCUT2D eigenvalue weighted by Crippen LogP contribution is 2.47. The minimum Gasteiger partial charge on any atom is -0.485 e. The van der Waals surface area contributed by atoms with Crippen molar-refractivity contribution in [1.29, 1.82) is 0 Å². The molecule has 0 bridgehead atoms. The molecule has 9 rings (SSSR count). The van der Waals surface area contributed by atoms with Crippen molar-refractivity contribution < 1.29 is 4.74 Å². The van der Waals surface area contributed by atoms with Crippen molar-refractivity contribution in [3.8, 4) is 28.3 Å². The van der Waals surface area contributed by atoms with Gasteiger partial charge in [0.15, 0.2) is 17.5 Å². The molecule has 0 N–H and O–H groups in total. The first-order valence-electron chi connectivity index (χ1n) is 15.6. The van der Waals surface area contributed by atoms with Crippen LogP contribution >= 0.6 is 0 Å². The summed E-state index contributed by atoms with van der Waals surface area (Å²) >= 11 is 0. The Morgan fingerprint density at radius 2 is 1.36 bits per heavy atom. The summed E-state index contributed by atoms with van der Waals surface area (Å²) in [4.78, 5) is 15.5. The number of ether oxygens (including phenoxy) is 1. The Morgan fingerprint density at radius 3 is 2.27 bits per heavy atom. The Hall–Kier alpha value is -5.61. The van der Waals surface area contributed by atoms with E-state index in [4.69, 9.17) is 19.7 Å². The van der Waals surface area contributed by atoms with Gasteiger partial charge >= 0.3 is 0 Å². The van der Waals surface area contributed by atoms with Gasteiger partial charge in [0.05, 0.1) is 5.92 Å². The third kappa shape index (κ3) is 4.49. The predicted molar refractivity (Wildman–Crippen MR) is 181 cm³/mol. The molecule has 0 spiro atoms. The predicted octanol–water partition coefficient (Wildman–Crippen LogP) is 9.23. The number of hydrogen-bond acceptors (Lipinski definition) is 4. The molecule has 0 saturated heterocycles. The Balaban J connectivity index is 1.19. The van der Waals surface area contributed by atoms with Gasteiger partial charge in [0.2, 0.25) is 0 Å². The van der Waals surface area contributed by atoms with Crippen molar-refractivity contribution in [3.05, 3.63) is 168 Å². The number of rotatable bonds is 4. The molecular formula is C41H29N3O. The van der Waals surface area contributed by atoms with Gasteiger partial charge < -0.3 is 4.74 Å². The monoisotopic (exact) mass is 579 g/mol. The first-order valence-corrected chi connectivity index (χ1v) is 15.6. The highest BCUT2D eigenvalue weighted by molar-refractivity contribution is 5.90. The zero-order valence-corrected chi connectivity index (χ0v) is 24.6. The van der Waals surface area contributed by atoms with Crippen LogP contribution in [0.3, 0.4) is 0 Å². The molecule has 0 fully saturated rings. The quantitative estimate of drug-likeness (QED) is 0.209. The molecule has 0 amide bonds. The van der Waals surface area contributed by atoms with Gasteiger partial charge in [-0.15, -0.1) is 0 Å². The highest BCUT2D eigenvalue weighted by atomic mass is 16.5. The van der Waals surface area contributed by atoms with E-state index in [1.54, 1.807) is 0 Å². The summed E-state index contributed by atoms with van der Waals surface area (Å²) in [5, 5.41) is 2.33. The van der Waals surface area contributed by atoms with E-state index in [2.05, 4.69) is 121 Å². The maximum atomic E-state index is 6.35. The number of aryl methyl sites for hydroxylation is 1. The number of nitrogens with zero attached hydrogens (tertiary/aromatic N) is 3. The molecule has 2 aliphatic carbocycles. The molecule has 0 saturated carbocycles. The summed E-state index contributed by atoms with van der Waals surface area (Å²) in [7, 11) is 0. The minimum atomic E-state index is -0.0832. The van der Waals surface area contributed by atoms with E-state index < -0.39 is 0 Å². The van der Waals surface area contributed by atoms with Gasteiger partial charge in [-0.3, -0.25) is 0 Å². The molecule has 0 radical (unpaired) electrons. The van der Waals surface area contributed by atoms with E-state index in [0.717, 1.165) is 40.7 Å². The largest absolute Gasteiger partial charge is 0.485 e. The summed E-state index contributed by atoms with van der Waals surface area (Å²) in [5.41, 5.74) is 9.20. The average Bonchev–Trinajstić information content (AvgIpc) is 3.50. The van der Waals surface area contributed by atoms with Crippen LogP contribution in [-0.2, 0) is 6.42 Å². The van der Waals surface area contributed by atoms with Crippen molar-refractivity contribution in [3.63, 3.8) is 0 Å². The normalized spacial score (nSPS) is 18.0. The fraction of sp³-hybridized carbons (Fsp3) is 0.0976. The molecule has 2 heterocycles. The van der Waals surface area contributed by atoms with E-state index in [0.29, 0.717) is 17.5 Å². The maximum absolute atomic E-state index is 6.35. The fourth-order valence-electron chi connectivity index (χ4n) is 6.96. The van der Waals surface area contributed by atoms with Crippen molar-refractivity contribution in [1.82, 2.24) is 15.0 Å². The van der Waals surface area contributed by atoms with E-state index in [1.807, 2.05) is 18.2 Å². The van der Waals surface area contributed by atoms with Gasteiger partial charge in [-0.05, 0) is 70.1 Å². The van der Waals surface area contributed by atoms with Gasteiger partial charge in [0.25, 0.3) is 0 Å². The molecular weight excluding hydrogens is 550 g/mol. The molecule has 2 unspecified atom stereocenters. The summed E-state index contributed by atoms with van der Waals surface area (Å²) in [6, 6.07) is 40.5. The van der Waals surface area contributed by atoms with Crippen LogP contribution in [0.1, 0.15) is 40.7 Å². The lowest BCUT2D eigenvalue weighted by Crippen LogP contribution is -2.21. The van der Waals surface area contributed by atoms with Gasteiger partial charge in [-0.2, -0.15) is 0 Å². The Labute approximate surface area is 262 Å². The number of fused-ring (bicyclic) bond motifs is 5. The molecule has 214 valence electrons. The number of aromatic nitrogens is 3. The van der Waals surface area contributed by atoms with Crippen LogP contribution in [0.25, 0.3) is 44.4 Å². The van der Waals surface area contributed by atoms with E-state index in [9.17, 15) is 0 Å². The lowest BCUT2D eigenvalue weighted by molar-refractivity contribution is 0.271. The van der Waals surface area contributed by atoms with Crippen LogP contribution in [0.5, 0.6) is 5.75 Å². The van der Waals surface area contributed by atoms with Gasteiger partial charge in [-0.1, -0.05) is 115 Å². The van der Waals surface area contributed by atoms with Crippen molar-refractivity contribution >= 4 is 21.9 Å². The summed E-state index contributed by atoms with van der Waals surface area (Å²) < 4.78 is 6.35. The number of para-hydroxylation sites is 1. The number of hydrogen-bond donors (Lipinski definition) is 0. The van der Waals surface area contributed by atoms with Gasteiger partial charge in [0.1, 0.15) is 11.9 Å². The molecule has 4 nitrogen and oxygen atoms in total. The molecule has 3 aliphatic rings. The highest BCUT2D eigenvalue weighted by Gasteiger charge is 2.38. The minimum absolute atomic E-state index is 0.0231. The molecule has 1 aromatic heterocycles. The maximum Gasteiger partial charge on any atom is 0.164 e. The molecule has 1 aliphatic heterocycles. The van der Waals surface area contributed by atoms with Crippen LogP contribution in [0.4, 0.5) is 0 Å². The lowest BCUT2D eigenvalue weighted by Gasteiger charge is -2.23. The van der Waals surface area contributed by atoms with E-state index in [-0.39, 0.29) is 12.0 Å². The average molecular weight is 580 g/mol. The third-order valence-electron chi connectivity index (χ3n) is 9.17. The molecule has 45 heavy (non-hydrogen) atoms. The Morgan fingerprint density at radius 1 is 0.622 bits per heavy atom. The zero-order chi connectivity index (χ0) is 29.7. The van der Waals surface area contributed by atoms with Gasteiger partial charge in [-0.25, -0.2) is 15.0 Å². The summed E-state index contributed by atoms with van der Waals surface area (Å²) in [5.74, 6) is 3.02.